The van der Waals surface area contributed by atoms with E-state index in [0.717, 1.165) is 12.8 Å². The molecule has 2 unspecified atom stereocenters. The first-order valence-electron chi connectivity index (χ1n) is 7.97. The van der Waals surface area contributed by atoms with Crippen molar-refractivity contribution >= 4 is 12.0 Å². The molecular formula is C15H26N2O4. The zero-order valence-electron chi connectivity index (χ0n) is 12.7. The molecule has 0 aromatic heterocycles. The first-order chi connectivity index (χ1) is 10.1. The van der Waals surface area contributed by atoms with E-state index < -0.39 is 12.1 Å². The van der Waals surface area contributed by atoms with E-state index in [1.807, 2.05) is 7.05 Å². The summed E-state index contributed by atoms with van der Waals surface area (Å²) in [5.74, 6) is -0.917. The third-order valence-corrected chi connectivity index (χ3v) is 4.56. The lowest BCUT2D eigenvalue weighted by Gasteiger charge is -2.28. The summed E-state index contributed by atoms with van der Waals surface area (Å²) in [6, 6.07) is 0.244. The zero-order valence-corrected chi connectivity index (χ0v) is 12.7. The van der Waals surface area contributed by atoms with Crippen molar-refractivity contribution in [1.29, 1.82) is 0 Å². The Hall–Kier alpha value is -1.30. The molecule has 1 saturated carbocycles. The van der Waals surface area contributed by atoms with Crippen LogP contribution in [0, 0.1) is 0 Å². The lowest BCUT2D eigenvalue weighted by molar-refractivity contribution is -0.149. The topological polar surface area (TPSA) is 78.9 Å². The number of amides is 2. The SMILES string of the molecule is CN(C(=O)NCC1CCC(C(=O)O)O1)C1CCCCCC1. The summed E-state index contributed by atoms with van der Waals surface area (Å²) in [5, 5.41) is 11.7. The van der Waals surface area contributed by atoms with Gasteiger partial charge in [0, 0.05) is 19.6 Å². The summed E-state index contributed by atoms with van der Waals surface area (Å²) in [6.45, 7) is 0.389. The molecule has 6 nitrogen and oxygen atoms in total. The van der Waals surface area contributed by atoms with Crippen LogP contribution in [-0.4, -0.2) is 53.8 Å². The van der Waals surface area contributed by atoms with E-state index in [4.69, 9.17) is 9.84 Å². The van der Waals surface area contributed by atoms with Crippen molar-refractivity contribution in [3.8, 4) is 0 Å². The number of carbonyl (C=O) groups is 2. The summed E-state index contributed by atoms with van der Waals surface area (Å²) in [7, 11) is 1.85. The molecule has 2 rings (SSSR count). The molecule has 0 radical (unpaired) electrons. The molecular weight excluding hydrogens is 272 g/mol. The highest BCUT2D eigenvalue weighted by Crippen LogP contribution is 2.22. The molecule has 2 amide bonds. The minimum atomic E-state index is -0.917. The summed E-state index contributed by atoms with van der Waals surface area (Å²) < 4.78 is 5.39. The number of carboxylic acids is 1. The summed E-state index contributed by atoms with van der Waals surface area (Å²) >= 11 is 0. The average molecular weight is 298 g/mol. The Balaban J connectivity index is 1.72. The van der Waals surface area contributed by atoms with Crippen LogP contribution < -0.4 is 5.32 Å². The van der Waals surface area contributed by atoms with Crippen LogP contribution in [0.1, 0.15) is 51.4 Å². The van der Waals surface area contributed by atoms with Crippen molar-refractivity contribution in [1.82, 2.24) is 10.2 Å². The van der Waals surface area contributed by atoms with Gasteiger partial charge in [0.2, 0.25) is 0 Å². The van der Waals surface area contributed by atoms with Crippen molar-refractivity contribution in [2.45, 2.75) is 69.6 Å². The Labute approximate surface area is 125 Å². The van der Waals surface area contributed by atoms with Crippen molar-refractivity contribution in [2.75, 3.05) is 13.6 Å². The molecule has 120 valence electrons. The van der Waals surface area contributed by atoms with Crippen molar-refractivity contribution in [2.24, 2.45) is 0 Å². The Morgan fingerprint density at radius 1 is 1.14 bits per heavy atom. The molecule has 0 aromatic carbocycles. The van der Waals surface area contributed by atoms with Gasteiger partial charge in [-0.3, -0.25) is 0 Å². The molecule has 0 aromatic rings. The highest BCUT2D eigenvalue weighted by molar-refractivity contribution is 5.74. The van der Waals surface area contributed by atoms with Crippen LogP contribution >= 0.6 is 0 Å². The molecule has 1 aliphatic heterocycles. The number of carbonyl (C=O) groups excluding carboxylic acids is 1. The molecule has 21 heavy (non-hydrogen) atoms. The minimum Gasteiger partial charge on any atom is -0.479 e. The fraction of sp³-hybridized carbons (Fsp3) is 0.867. The fourth-order valence-corrected chi connectivity index (χ4v) is 3.17. The van der Waals surface area contributed by atoms with Crippen LogP contribution in [0.25, 0.3) is 0 Å². The van der Waals surface area contributed by atoms with Gasteiger partial charge in [-0.1, -0.05) is 25.7 Å². The lowest BCUT2D eigenvalue weighted by Crippen LogP contribution is -2.45. The van der Waals surface area contributed by atoms with Crippen LogP contribution in [0.15, 0.2) is 0 Å². The Bertz CT molecular complexity index is 367. The maximum Gasteiger partial charge on any atom is 0.332 e. The molecule has 2 atom stereocenters. The van der Waals surface area contributed by atoms with E-state index in [2.05, 4.69) is 5.32 Å². The molecule has 1 aliphatic carbocycles. The van der Waals surface area contributed by atoms with E-state index in [0.29, 0.717) is 25.4 Å². The van der Waals surface area contributed by atoms with Crippen LogP contribution in [0.3, 0.4) is 0 Å². The van der Waals surface area contributed by atoms with Crippen LogP contribution in [-0.2, 0) is 9.53 Å². The fourth-order valence-electron chi connectivity index (χ4n) is 3.17. The van der Waals surface area contributed by atoms with Crippen molar-refractivity contribution in [3.63, 3.8) is 0 Å². The van der Waals surface area contributed by atoms with Gasteiger partial charge in [-0.25, -0.2) is 9.59 Å². The Morgan fingerprint density at radius 2 is 1.81 bits per heavy atom. The number of ether oxygens (including phenoxy) is 1. The predicted molar refractivity (Wildman–Crippen MR) is 78.2 cm³/mol. The maximum atomic E-state index is 12.2. The van der Waals surface area contributed by atoms with Crippen LogP contribution in [0.5, 0.6) is 0 Å². The van der Waals surface area contributed by atoms with Gasteiger partial charge in [0.15, 0.2) is 6.10 Å². The van der Waals surface area contributed by atoms with E-state index in [1.54, 1.807) is 4.90 Å². The summed E-state index contributed by atoms with van der Waals surface area (Å²) in [5.41, 5.74) is 0. The second-order valence-corrected chi connectivity index (χ2v) is 6.10. The third kappa shape index (κ3) is 4.59. The standard InChI is InChI=1S/C15H26N2O4/c1-17(11-6-4-2-3-5-7-11)15(20)16-10-12-8-9-13(21-12)14(18)19/h11-13H,2-10H2,1H3,(H,16,20)(H,18,19). The monoisotopic (exact) mass is 298 g/mol. The largest absolute Gasteiger partial charge is 0.479 e. The van der Waals surface area contributed by atoms with E-state index in [-0.39, 0.29) is 12.1 Å². The third-order valence-electron chi connectivity index (χ3n) is 4.56. The zero-order chi connectivity index (χ0) is 15.2. The molecule has 2 N–H and O–H groups in total. The summed E-state index contributed by atoms with van der Waals surface area (Å²) in [6.07, 6.45) is 7.36. The van der Waals surface area contributed by atoms with Gasteiger partial charge in [-0.15, -0.1) is 0 Å². The molecule has 1 heterocycles. The highest BCUT2D eigenvalue weighted by atomic mass is 16.5. The number of nitrogens with zero attached hydrogens (tertiary/aromatic N) is 1. The van der Waals surface area contributed by atoms with E-state index in [1.165, 1.54) is 25.7 Å². The molecule has 0 bridgehead atoms. The van der Waals surface area contributed by atoms with E-state index in [9.17, 15) is 9.59 Å². The van der Waals surface area contributed by atoms with Gasteiger partial charge in [0.25, 0.3) is 0 Å². The molecule has 1 saturated heterocycles. The second-order valence-electron chi connectivity index (χ2n) is 6.10. The number of hydrogen-bond acceptors (Lipinski definition) is 3. The number of hydrogen-bond donors (Lipinski definition) is 2. The first kappa shape index (κ1) is 16.1. The average Bonchev–Trinajstić information content (AvgIpc) is 2.78. The van der Waals surface area contributed by atoms with Gasteiger partial charge in [0.1, 0.15) is 0 Å². The predicted octanol–water partition coefficient (Wildman–Crippen LogP) is 1.98. The second kappa shape index (κ2) is 7.64. The lowest BCUT2D eigenvalue weighted by atomic mass is 10.1. The highest BCUT2D eigenvalue weighted by Gasteiger charge is 2.31. The van der Waals surface area contributed by atoms with Crippen molar-refractivity contribution < 1.29 is 19.4 Å². The van der Waals surface area contributed by atoms with Crippen molar-refractivity contribution in [3.05, 3.63) is 0 Å². The number of rotatable bonds is 4. The molecule has 0 spiro atoms. The Morgan fingerprint density at radius 3 is 2.38 bits per heavy atom. The Kier molecular flexibility index (Phi) is 5.85. The number of urea groups is 1. The quantitative estimate of drug-likeness (QED) is 0.778. The molecule has 2 fully saturated rings. The molecule has 2 aliphatic rings. The van der Waals surface area contributed by atoms with Gasteiger partial charge in [-0.2, -0.15) is 0 Å². The number of nitrogens with one attached hydrogen (secondary N) is 1. The first-order valence-corrected chi connectivity index (χ1v) is 7.97. The van der Waals surface area contributed by atoms with Gasteiger partial charge >= 0.3 is 12.0 Å². The minimum absolute atomic E-state index is 0.0794. The van der Waals surface area contributed by atoms with Crippen LogP contribution in [0.4, 0.5) is 4.79 Å². The normalized spacial score (nSPS) is 27.1. The van der Waals surface area contributed by atoms with Crippen LogP contribution in [0.2, 0.25) is 0 Å². The maximum absolute atomic E-state index is 12.2. The van der Waals surface area contributed by atoms with Gasteiger partial charge in [-0.05, 0) is 25.7 Å². The van der Waals surface area contributed by atoms with E-state index >= 15 is 0 Å². The smallest absolute Gasteiger partial charge is 0.332 e. The van der Waals surface area contributed by atoms with Gasteiger partial charge in [0.05, 0.1) is 6.10 Å². The van der Waals surface area contributed by atoms with Gasteiger partial charge < -0.3 is 20.1 Å². The number of aliphatic carboxylic acids is 1. The molecule has 6 heteroatoms. The summed E-state index contributed by atoms with van der Waals surface area (Å²) in [4.78, 5) is 24.8. The number of carboxylic acid groups (broad SMARTS) is 1.